The van der Waals surface area contributed by atoms with E-state index < -0.39 is 39.8 Å². The van der Waals surface area contributed by atoms with Gasteiger partial charge in [-0.25, -0.2) is 22.3 Å². The van der Waals surface area contributed by atoms with Crippen LogP contribution in [0.5, 0.6) is 0 Å². The fourth-order valence-electron chi connectivity index (χ4n) is 3.09. The first-order chi connectivity index (χ1) is 13.3. The van der Waals surface area contributed by atoms with Crippen molar-refractivity contribution in [1.29, 1.82) is 0 Å². The van der Waals surface area contributed by atoms with E-state index in [-0.39, 0.29) is 33.4 Å². The molecule has 8 heteroatoms. The van der Waals surface area contributed by atoms with E-state index >= 15 is 0 Å². The van der Waals surface area contributed by atoms with Crippen molar-refractivity contribution >= 4 is 10.0 Å². The molecule has 0 amide bonds. The Kier molecular flexibility index (Phi) is 5.57. The third kappa shape index (κ3) is 3.55. The standard InChI is InChI=1S/C20H17F2NO4S/c21-18-12(10-24)4-1-6-14(18)16-8-3-9-17(20(16)28(23,26)27)15-7-2-5-13(11-25)19(15)22/h1-9,24-25H,10-11H2,(H2,23,26,27). The summed E-state index contributed by atoms with van der Waals surface area (Å²) in [5.74, 6) is -1.59. The summed E-state index contributed by atoms with van der Waals surface area (Å²) in [6.45, 7) is -1.14. The first-order valence-corrected chi connectivity index (χ1v) is 9.77. The molecular weight excluding hydrogens is 388 g/mol. The second-order valence-corrected chi connectivity index (χ2v) is 7.60. The van der Waals surface area contributed by atoms with Crippen LogP contribution in [-0.4, -0.2) is 18.6 Å². The van der Waals surface area contributed by atoms with Gasteiger partial charge in [-0.05, 0) is 0 Å². The van der Waals surface area contributed by atoms with Gasteiger partial charge >= 0.3 is 0 Å². The molecule has 0 aliphatic carbocycles. The van der Waals surface area contributed by atoms with Crippen molar-refractivity contribution < 1.29 is 27.4 Å². The van der Waals surface area contributed by atoms with Gasteiger partial charge in [0.15, 0.2) is 0 Å². The lowest BCUT2D eigenvalue weighted by Crippen LogP contribution is -2.15. The zero-order valence-electron chi connectivity index (χ0n) is 14.6. The molecule has 0 atom stereocenters. The minimum Gasteiger partial charge on any atom is -0.392 e. The number of benzene rings is 3. The molecule has 0 bridgehead atoms. The normalized spacial score (nSPS) is 11.6. The Hall–Kier alpha value is -2.65. The average molecular weight is 405 g/mol. The number of nitrogens with two attached hydrogens (primary N) is 1. The van der Waals surface area contributed by atoms with Crippen molar-refractivity contribution in [3.05, 3.63) is 77.4 Å². The topological polar surface area (TPSA) is 101 Å². The van der Waals surface area contributed by atoms with Crippen LogP contribution >= 0.6 is 0 Å². The van der Waals surface area contributed by atoms with Crippen molar-refractivity contribution in [1.82, 2.24) is 0 Å². The number of rotatable bonds is 5. The molecule has 0 saturated carbocycles. The van der Waals surface area contributed by atoms with Gasteiger partial charge in [-0.2, -0.15) is 0 Å². The molecule has 0 radical (unpaired) electrons. The maximum Gasteiger partial charge on any atom is 0.239 e. The van der Waals surface area contributed by atoms with E-state index in [9.17, 15) is 27.4 Å². The van der Waals surface area contributed by atoms with Gasteiger partial charge in [-0.3, -0.25) is 0 Å². The maximum atomic E-state index is 14.8. The van der Waals surface area contributed by atoms with Crippen molar-refractivity contribution in [3.63, 3.8) is 0 Å². The molecule has 3 aromatic carbocycles. The Bertz CT molecular complexity index is 1080. The Morgan fingerprint density at radius 3 is 1.43 bits per heavy atom. The summed E-state index contributed by atoms with van der Waals surface area (Å²) in [5, 5.41) is 24.0. The number of aliphatic hydroxyl groups excluding tert-OH is 2. The van der Waals surface area contributed by atoms with Gasteiger partial charge in [0.1, 0.15) is 11.6 Å². The van der Waals surface area contributed by atoms with Crippen LogP contribution in [0.25, 0.3) is 22.3 Å². The maximum absolute atomic E-state index is 14.8. The van der Waals surface area contributed by atoms with Crippen molar-refractivity contribution in [3.8, 4) is 22.3 Å². The molecule has 146 valence electrons. The number of hydrogen-bond donors (Lipinski definition) is 3. The van der Waals surface area contributed by atoms with Crippen LogP contribution in [-0.2, 0) is 23.2 Å². The van der Waals surface area contributed by atoms with Crippen LogP contribution in [0.4, 0.5) is 8.78 Å². The largest absolute Gasteiger partial charge is 0.392 e. The molecule has 0 unspecified atom stereocenters. The lowest BCUT2D eigenvalue weighted by atomic mass is 9.96. The van der Waals surface area contributed by atoms with Gasteiger partial charge in [0.2, 0.25) is 10.0 Å². The van der Waals surface area contributed by atoms with Crippen LogP contribution in [0, 0.1) is 11.6 Å². The average Bonchev–Trinajstić information content (AvgIpc) is 2.67. The molecule has 0 heterocycles. The van der Waals surface area contributed by atoms with Crippen LogP contribution in [0.2, 0.25) is 0 Å². The summed E-state index contributed by atoms with van der Waals surface area (Å²) in [6, 6.07) is 12.5. The van der Waals surface area contributed by atoms with E-state index in [1.54, 1.807) is 0 Å². The molecule has 0 aromatic heterocycles. The third-order valence-corrected chi connectivity index (χ3v) is 5.39. The number of hydrogen-bond acceptors (Lipinski definition) is 4. The fraction of sp³-hybridized carbons (Fsp3) is 0.100. The molecule has 0 fully saturated rings. The summed E-state index contributed by atoms with van der Waals surface area (Å²) in [6.07, 6.45) is 0. The number of sulfonamides is 1. The van der Waals surface area contributed by atoms with E-state index in [1.165, 1.54) is 54.6 Å². The van der Waals surface area contributed by atoms with E-state index in [0.29, 0.717) is 0 Å². The number of aliphatic hydroxyl groups is 2. The SMILES string of the molecule is NS(=O)(=O)c1c(-c2cccc(CO)c2F)cccc1-c1cccc(CO)c1F. The lowest BCUT2D eigenvalue weighted by Gasteiger charge is -2.16. The van der Waals surface area contributed by atoms with Gasteiger partial charge < -0.3 is 10.2 Å². The summed E-state index contributed by atoms with van der Waals surface area (Å²) >= 11 is 0. The highest BCUT2D eigenvalue weighted by molar-refractivity contribution is 7.89. The monoisotopic (exact) mass is 405 g/mol. The quantitative estimate of drug-likeness (QED) is 0.608. The zero-order valence-corrected chi connectivity index (χ0v) is 15.4. The van der Waals surface area contributed by atoms with Crippen molar-refractivity contribution in [2.45, 2.75) is 18.1 Å². The van der Waals surface area contributed by atoms with Crippen LogP contribution in [0.1, 0.15) is 11.1 Å². The summed E-state index contributed by atoms with van der Waals surface area (Å²) in [5.41, 5.74) is -0.316. The Labute approximate surface area is 160 Å². The van der Waals surface area contributed by atoms with Crippen LogP contribution in [0.15, 0.2) is 59.5 Å². The molecule has 3 aromatic rings. The highest BCUT2D eigenvalue weighted by atomic mass is 32.2. The second-order valence-electron chi connectivity index (χ2n) is 6.10. The lowest BCUT2D eigenvalue weighted by molar-refractivity contribution is 0.275. The molecule has 28 heavy (non-hydrogen) atoms. The Balaban J connectivity index is 2.40. The van der Waals surface area contributed by atoms with Crippen molar-refractivity contribution in [2.75, 3.05) is 0 Å². The van der Waals surface area contributed by atoms with Gasteiger partial charge in [0, 0.05) is 33.4 Å². The molecule has 0 aliphatic rings. The van der Waals surface area contributed by atoms with Gasteiger partial charge in [-0.1, -0.05) is 54.6 Å². The van der Waals surface area contributed by atoms with Crippen LogP contribution < -0.4 is 5.14 Å². The van der Waals surface area contributed by atoms with Crippen molar-refractivity contribution in [2.24, 2.45) is 5.14 Å². The van der Waals surface area contributed by atoms with E-state index in [2.05, 4.69) is 0 Å². The van der Waals surface area contributed by atoms with E-state index in [4.69, 9.17) is 5.14 Å². The Morgan fingerprint density at radius 1 is 0.714 bits per heavy atom. The highest BCUT2D eigenvalue weighted by Crippen LogP contribution is 2.38. The molecular formula is C20H17F2NO4S. The fourth-order valence-corrected chi connectivity index (χ4v) is 4.06. The predicted molar refractivity (Wildman–Crippen MR) is 100 cm³/mol. The minimum absolute atomic E-state index is 0.0169. The van der Waals surface area contributed by atoms with Crippen LogP contribution in [0.3, 0.4) is 0 Å². The number of halogens is 2. The molecule has 3 rings (SSSR count). The van der Waals surface area contributed by atoms with Gasteiger partial charge in [0.05, 0.1) is 18.1 Å². The first-order valence-electron chi connectivity index (χ1n) is 8.22. The smallest absolute Gasteiger partial charge is 0.239 e. The third-order valence-electron chi connectivity index (χ3n) is 4.38. The number of primary sulfonamides is 1. The minimum atomic E-state index is -4.39. The Morgan fingerprint density at radius 2 is 1.07 bits per heavy atom. The molecule has 4 N–H and O–H groups in total. The first kappa shape index (κ1) is 20.1. The molecule has 5 nitrogen and oxygen atoms in total. The van der Waals surface area contributed by atoms with E-state index in [1.807, 2.05) is 0 Å². The zero-order chi connectivity index (χ0) is 20.5. The molecule has 0 aliphatic heterocycles. The van der Waals surface area contributed by atoms with Gasteiger partial charge in [0.25, 0.3) is 0 Å². The molecule has 0 spiro atoms. The second kappa shape index (κ2) is 7.76. The summed E-state index contributed by atoms with van der Waals surface area (Å²) in [7, 11) is -4.39. The predicted octanol–water partition coefficient (Wildman–Crippen LogP) is 2.93. The summed E-state index contributed by atoms with van der Waals surface area (Å²) in [4.78, 5) is -0.446. The molecule has 0 saturated heterocycles. The highest BCUT2D eigenvalue weighted by Gasteiger charge is 2.25. The van der Waals surface area contributed by atoms with E-state index in [0.717, 1.165) is 0 Å². The summed E-state index contributed by atoms with van der Waals surface area (Å²) < 4.78 is 54.3. The van der Waals surface area contributed by atoms with Gasteiger partial charge in [-0.15, -0.1) is 0 Å².